The number of halogens is 1. The van der Waals surface area contributed by atoms with Gasteiger partial charge < -0.3 is 19.9 Å². The van der Waals surface area contributed by atoms with E-state index in [1.54, 1.807) is 20.2 Å². The van der Waals surface area contributed by atoms with Crippen LogP contribution < -0.4 is 20.4 Å². The van der Waals surface area contributed by atoms with E-state index in [4.69, 9.17) is 14.6 Å². The van der Waals surface area contributed by atoms with Crippen LogP contribution in [-0.4, -0.2) is 70.1 Å². The smallest absolute Gasteiger partial charge is 0.272 e. The van der Waals surface area contributed by atoms with E-state index in [1.165, 1.54) is 9.20 Å². The van der Waals surface area contributed by atoms with Crippen LogP contribution in [0.5, 0.6) is 11.5 Å². The third kappa shape index (κ3) is 6.59. The minimum absolute atomic E-state index is 0. The molecule has 0 bridgehead atoms. The van der Waals surface area contributed by atoms with Crippen molar-refractivity contribution < 1.29 is 24.2 Å². The predicted molar refractivity (Wildman–Crippen MR) is 150 cm³/mol. The number of aliphatic hydroxyl groups excluding tert-OH is 1. The lowest BCUT2D eigenvalue weighted by atomic mass is 9.84. The molecule has 2 heterocycles. The number of fused-ring (bicyclic) bond motifs is 1. The van der Waals surface area contributed by atoms with Gasteiger partial charge in [0.1, 0.15) is 6.54 Å². The molecule has 0 spiro atoms. The van der Waals surface area contributed by atoms with E-state index < -0.39 is 0 Å². The highest BCUT2D eigenvalue weighted by molar-refractivity contribution is 5.97. The number of hydrogen-bond acceptors (Lipinski definition) is 8. The Morgan fingerprint density at radius 2 is 1.85 bits per heavy atom. The van der Waals surface area contributed by atoms with E-state index in [0.29, 0.717) is 46.9 Å². The lowest BCUT2D eigenvalue weighted by Gasteiger charge is -2.25. The van der Waals surface area contributed by atoms with Gasteiger partial charge in [0.25, 0.3) is 5.91 Å². The van der Waals surface area contributed by atoms with Gasteiger partial charge in [0.2, 0.25) is 5.62 Å². The second-order valence-corrected chi connectivity index (χ2v) is 10.0. The Balaban J connectivity index is 0.00000533. The average Bonchev–Trinajstić information content (AvgIpc) is 3.22. The van der Waals surface area contributed by atoms with Crippen molar-refractivity contribution >= 4 is 29.7 Å². The second kappa shape index (κ2) is 13.1. The number of benzene rings is 1. The molecule has 12 heteroatoms. The number of aryl methyl sites for hydroxylation is 1. The number of Topliss-reactive ketones (excluding diaryl/α,β-unsaturated/α-hetero) is 1. The molecule has 0 aliphatic heterocycles. The van der Waals surface area contributed by atoms with Crippen LogP contribution in [0.2, 0.25) is 0 Å². The SMILES string of the molecule is CCNC(=O)c1nn2/c(=N/C)n(CC(=O)c3cc(OCCCO)c(OC)c(C(C)(C)C)c3)nc2c(C)c1C.Cl. The van der Waals surface area contributed by atoms with Crippen LogP contribution in [0.1, 0.15) is 71.7 Å². The van der Waals surface area contributed by atoms with Gasteiger partial charge in [-0.2, -0.15) is 9.61 Å². The van der Waals surface area contributed by atoms with Crippen molar-refractivity contribution in [3.05, 3.63) is 45.7 Å². The van der Waals surface area contributed by atoms with Crippen LogP contribution >= 0.6 is 12.4 Å². The third-order valence-corrected chi connectivity index (χ3v) is 6.28. The fourth-order valence-corrected chi connectivity index (χ4v) is 4.14. The van der Waals surface area contributed by atoms with Gasteiger partial charge in [-0.05, 0) is 43.9 Å². The van der Waals surface area contributed by atoms with Crippen molar-refractivity contribution in [2.75, 3.05) is 33.9 Å². The predicted octanol–water partition coefficient (Wildman–Crippen LogP) is 2.80. The molecule has 0 aliphatic rings. The maximum absolute atomic E-state index is 13.6. The molecule has 214 valence electrons. The summed E-state index contributed by atoms with van der Waals surface area (Å²) in [6, 6.07) is 3.48. The number of ketones is 1. The number of hydrogen-bond donors (Lipinski definition) is 2. The molecule has 0 radical (unpaired) electrons. The molecule has 0 unspecified atom stereocenters. The summed E-state index contributed by atoms with van der Waals surface area (Å²) in [7, 11) is 3.16. The Morgan fingerprint density at radius 1 is 1.15 bits per heavy atom. The zero-order chi connectivity index (χ0) is 28.2. The molecule has 2 N–H and O–H groups in total. The molecule has 3 rings (SSSR count). The highest BCUT2D eigenvalue weighted by atomic mass is 35.5. The van der Waals surface area contributed by atoms with Crippen molar-refractivity contribution in [2.24, 2.45) is 4.99 Å². The van der Waals surface area contributed by atoms with E-state index >= 15 is 0 Å². The van der Waals surface area contributed by atoms with E-state index in [0.717, 1.165) is 11.1 Å². The number of aliphatic hydroxyl groups is 1. The molecule has 3 aromatic rings. The largest absolute Gasteiger partial charge is 0.493 e. The number of carbonyl (C=O) groups excluding carboxylic acids is 2. The molecule has 0 atom stereocenters. The summed E-state index contributed by atoms with van der Waals surface area (Å²) in [5, 5.41) is 21.1. The van der Waals surface area contributed by atoms with Gasteiger partial charge in [-0.25, -0.2) is 4.68 Å². The molecule has 0 saturated carbocycles. The maximum atomic E-state index is 13.6. The van der Waals surface area contributed by atoms with Crippen LogP contribution in [0.25, 0.3) is 5.65 Å². The van der Waals surface area contributed by atoms with Crippen LogP contribution in [0.3, 0.4) is 0 Å². The van der Waals surface area contributed by atoms with Crippen LogP contribution in [0, 0.1) is 13.8 Å². The van der Waals surface area contributed by atoms with E-state index in [9.17, 15) is 9.59 Å². The summed E-state index contributed by atoms with van der Waals surface area (Å²) in [5.41, 5.74) is 3.56. The highest BCUT2D eigenvalue weighted by Gasteiger charge is 2.26. The number of amides is 1. The molecule has 1 aromatic carbocycles. The van der Waals surface area contributed by atoms with Gasteiger partial charge in [-0.3, -0.25) is 14.6 Å². The molecular formula is C27H39ClN6O5. The first kappa shape index (κ1) is 31.8. The van der Waals surface area contributed by atoms with Crippen molar-refractivity contribution in [2.45, 2.75) is 59.9 Å². The zero-order valence-corrected chi connectivity index (χ0v) is 24.7. The Bertz CT molecular complexity index is 1420. The molecule has 39 heavy (non-hydrogen) atoms. The van der Waals surface area contributed by atoms with E-state index in [-0.39, 0.29) is 55.0 Å². The fourth-order valence-electron chi connectivity index (χ4n) is 4.14. The summed E-state index contributed by atoms with van der Waals surface area (Å²) in [5.74, 6) is 0.512. The first-order valence-corrected chi connectivity index (χ1v) is 12.7. The van der Waals surface area contributed by atoms with Gasteiger partial charge in [-0.15, -0.1) is 17.5 Å². The summed E-state index contributed by atoms with van der Waals surface area (Å²) in [6.07, 6.45) is 0.453. The van der Waals surface area contributed by atoms with Crippen molar-refractivity contribution in [3.8, 4) is 11.5 Å². The lowest BCUT2D eigenvalue weighted by Crippen LogP contribution is -2.30. The molecular weight excluding hydrogens is 524 g/mol. The summed E-state index contributed by atoms with van der Waals surface area (Å²) < 4.78 is 14.5. The Kier molecular flexibility index (Phi) is 10.7. The summed E-state index contributed by atoms with van der Waals surface area (Å²) >= 11 is 0. The quantitative estimate of drug-likeness (QED) is 0.287. The fraction of sp³-hybridized carbons (Fsp3) is 0.519. The number of aromatic nitrogens is 4. The topological polar surface area (TPSA) is 132 Å². The molecule has 2 aromatic heterocycles. The minimum Gasteiger partial charge on any atom is -0.493 e. The Labute approximate surface area is 234 Å². The number of nitrogens with one attached hydrogen (secondary N) is 1. The van der Waals surface area contributed by atoms with Gasteiger partial charge in [0.05, 0.1) is 13.7 Å². The maximum Gasteiger partial charge on any atom is 0.272 e. The third-order valence-electron chi connectivity index (χ3n) is 6.28. The van der Waals surface area contributed by atoms with Crippen LogP contribution in [-0.2, 0) is 12.0 Å². The number of carbonyl (C=O) groups is 2. The van der Waals surface area contributed by atoms with Gasteiger partial charge in [0.15, 0.2) is 28.6 Å². The number of rotatable bonds is 10. The first-order valence-electron chi connectivity index (χ1n) is 12.7. The Hall–Kier alpha value is -3.44. The van der Waals surface area contributed by atoms with Crippen molar-refractivity contribution in [1.29, 1.82) is 0 Å². The molecule has 0 fully saturated rings. The monoisotopic (exact) mass is 562 g/mol. The molecule has 0 saturated heterocycles. The van der Waals surface area contributed by atoms with E-state index in [1.807, 2.05) is 47.6 Å². The number of ether oxygens (including phenoxy) is 2. The molecule has 0 aliphatic carbocycles. The molecule has 11 nitrogen and oxygen atoms in total. The molecule has 1 amide bonds. The Morgan fingerprint density at radius 3 is 2.41 bits per heavy atom. The second-order valence-electron chi connectivity index (χ2n) is 10.0. The first-order chi connectivity index (χ1) is 18.0. The van der Waals surface area contributed by atoms with Gasteiger partial charge in [-0.1, -0.05) is 20.8 Å². The zero-order valence-electron chi connectivity index (χ0n) is 23.9. The van der Waals surface area contributed by atoms with Gasteiger partial charge >= 0.3 is 0 Å². The highest BCUT2D eigenvalue weighted by Crippen LogP contribution is 2.40. The lowest BCUT2D eigenvalue weighted by molar-refractivity contribution is 0.0944. The number of methoxy groups -OCH3 is 1. The van der Waals surface area contributed by atoms with Crippen LogP contribution in [0.4, 0.5) is 0 Å². The van der Waals surface area contributed by atoms with E-state index in [2.05, 4.69) is 20.5 Å². The van der Waals surface area contributed by atoms with Crippen LogP contribution in [0.15, 0.2) is 17.1 Å². The normalized spacial score (nSPS) is 11.9. The summed E-state index contributed by atoms with van der Waals surface area (Å²) in [6.45, 7) is 12.3. The summed E-state index contributed by atoms with van der Waals surface area (Å²) in [4.78, 5) is 30.5. The average molecular weight is 563 g/mol. The van der Waals surface area contributed by atoms with Crippen molar-refractivity contribution in [3.63, 3.8) is 0 Å². The standard InChI is InChI=1S/C27H38N6O5.ClH/c1-9-29-25(36)22-16(2)17(3)24-31-32(26(28-7)33(24)30-22)15-20(35)18-13-19(27(4,5)6)23(37-8)21(14-18)38-12-10-11-34;/h13-14,34H,9-12,15H2,1-8H3,(H,29,36);1H/b28-26+;. The number of nitrogens with zero attached hydrogens (tertiary/aromatic N) is 5. The minimum atomic E-state index is -0.328. The van der Waals surface area contributed by atoms with Crippen molar-refractivity contribution in [1.82, 2.24) is 24.7 Å². The van der Waals surface area contributed by atoms with Gasteiger partial charge in [0, 0.05) is 43.3 Å².